The number of carbonyl (C=O) groups excluding carboxylic acids is 5. The van der Waals surface area contributed by atoms with Crippen molar-refractivity contribution < 1.29 is 32.4 Å². The Hall–Kier alpha value is -6.42. The van der Waals surface area contributed by atoms with Gasteiger partial charge in [-0.3, -0.25) is 24.1 Å². The number of fused-ring (bicyclic) bond motifs is 2. The Labute approximate surface area is 342 Å². The molecule has 0 spiro atoms. The van der Waals surface area contributed by atoms with Crippen molar-refractivity contribution in [3.05, 3.63) is 102 Å². The van der Waals surface area contributed by atoms with Gasteiger partial charge in [-0.05, 0) is 91.9 Å². The molecule has 3 N–H and O–H groups in total. The summed E-state index contributed by atoms with van der Waals surface area (Å²) in [6.07, 6.45) is 6.46. The van der Waals surface area contributed by atoms with Crippen molar-refractivity contribution in [3.8, 4) is 11.3 Å². The lowest BCUT2D eigenvalue weighted by Gasteiger charge is -2.36. The number of aryl methyl sites for hydroxylation is 1. The number of nitrogens with zero attached hydrogens (tertiary/aromatic N) is 6. The third-order valence-corrected chi connectivity index (χ3v) is 12.0. The molecule has 0 aliphatic carbocycles. The average Bonchev–Trinajstić information content (AvgIpc) is 3.75. The molecule has 0 radical (unpaired) electrons. The van der Waals surface area contributed by atoms with Crippen LogP contribution in [0.3, 0.4) is 0 Å². The molecule has 0 saturated carbocycles. The summed E-state index contributed by atoms with van der Waals surface area (Å²) >= 11 is 0. The van der Waals surface area contributed by atoms with E-state index < -0.39 is 33.6 Å². The Morgan fingerprint density at radius 1 is 0.864 bits per heavy atom. The number of anilines is 3. The Kier molecular flexibility index (Phi) is 12.2. The lowest BCUT2D eigenvalue weighted by molar-refractivity contribution is -0.131. The minimum Gasteiger partial charge on any atom is -0.368 e. The zero-order valence-electron chi connectivity index (χ0n) is 32.7. The highest BCUT2D eigenvalue weighted by Gasteiger charge is 2.42. The quantitative estimate of drug-likeness (QED) is 0.0742. The van der Waals surface area contributed by atoms with Crippen molar-refractivity contribution >= 4 is 62.7 Å². The van der Waals surface area contributed by atoms with Crippen LogP contribution in [-0.2, 0) is 30.6 Å². The van der Waals surface area contributed by atoms with Crippen LogP contribution in [0, 0.1) is 0 Å². The predicted octanol–water partition coefficient (Wildman–Crippen LogP) is 4.81. The van der Waals surface area contributed by atoms with Gasteiger partial charge in [0.15, 0.2) is 15.5 Å². The molecular weight excluding hydrogens is 773 g/mol. The predicted molar refractivity (Wildman–Crippen MR) is 222 cm³/mol. The Bertz CT molecular complexity index is 2500. The SMILES string of the molecule is CS(=O)(=O)c1ccc(-c2cccc3nc(Nc4ccc(N5CCN(C(=O)CCCCCCc6ccc7c(c6)C(=O)N(C(CCC=O)C(N)=O)C7=O)CC5)cc4)nn23)cc1. The maximum absolute atomic E-state index is 13.1. The number of hydrogen-bond acceptors (Lipinski definition) is 11. The van der Waals surface area contributed by atoms with Crippen molar-refractivity contribution in [2.75, 3.05) is 42.7 Å². The number of pyridine rings is 1. The number of primary amides is 1. The second-order valence-electron chi connectivity index (χ2n) is 14.9. The number of benzene rings is 3. The van der Waals surface area contributed by atoms with E-state index in [-0.39, 0.29) is 34.8 Å². The van der Waals surface area contributed by atoms with Gasteiger partial charge in [-0.2, -0.15) is 4.98 Å². The molecule has 4 heterocycles. The molecule has 1 atom stereocenters. The van der Waals surface area contributed by atoms with Crippen molar-refractivity contribution in [1.29, 1.82) is 0 Å². The maximum Gasteiger partial charge on any atom is 0.262 e. The third-order valence-electron chi connectivity index (χ3n) is 10.8. The number of carbonyl (C=O) groups is 5. The number of amides is 4. The lowest BCUT2D eigenvalue weighted by Crippen LogP contribution is -2.48. The highest BCUT2D eigenvalue weighted by molar-refractivity contribution is 7.90. The van der Waals surface area contributed by atoms with Crippen LogP contribution in [0.2, 0.25) is 0 Å². The van der Waals surface area contributed by atoms with E-state index in [9.17, 15) is 32.4 Å². The van der Waals surface area contributed by atoms with Crippen LogP contribution in [-0.4, -0.2) is 101 Å². The van der Waals surface area contributed by atoms with Crippen LogP contribution in [0.1, 0.15) is 71.2 Å². The molecule has 0 bridgehead atoms. The molecule has 5 aromatic rings. The third kappa shape index (κ3) is 9.17. The van der Waals surface area contributed by atoms with E-state index in [1.807, 2.05) is 53.4 Å². The van der Waals surface area contributed by atoms with E-state index in [0.717, 1.165) is 71.9 Å². The number of hydrogen-bond donors (Lipinski definition) is 2. The zero-order chi connectivity index (χ0) is 41.7. The van der Waals surface area contributed by atoms with Crippen LogP contribution in [0.5, 0.6) is 0 Å². The van der Waals surface area contributed by atoms with E-state index in [2.05, 4.69) is 20.3 Å². The summed E-state index contributed by atoms with van der Waals surface area (Å²) in [5, 5.41) is 7.94. The van der Waals surface area contributed by atoms with E-state index in [0.29, 0.717) is 43.8 Å². The summed E-state index contributed by atoms with van der Waals surface area (Å²) < 4.78 is 25.5. The van der Waals surface area contributed by atoms with Gasteiger partial charge in [0.05, 0.1) is 21.7 Å². The Morgan fingerprint density at radius 3 is 2.27 bits per heavy atom. The smallest absolute Gasteiger partial charge is 0.262 e. The normalized spacial score (nSPS) is 14.8. The van der Waals surface area contributed by atoms with E-state index in [4.69, 9.17) is 5.73 Å². The van der Waals surface area contributed by atoms with Gasteiger partial charge >= 0.3 is 0 Å². The first kappa shape index (κ1) is 40.8. The number of aldehydes is 1. The van der Waals surface area contributed by atoms with Crippen LogP contribution in [0.25, 0.3) is 16.9 Å². The number of imide groups is 1. The lowest BCUT2D eigenvalue weighted by atomic mass is 10.0. The van der Waals surface area contributed by atoms with Crippen LogP contribution in [0.4, 0.5) is 17.3 Å². The first-order chi connectivity index (χ1) is 28.4. The number of unbranched alkanes of at least 4 members (excludes halogenated alkanes) is 3. The van der Waals surface area contributed by atoms with Crippen molar-refractivity contribution in [2.24, 2.45) is 5.73 Å². The number of nitrogens with two attached hydrogens (primary N) is 1. The molecule has 2 aliphatic rings. The summed E-state index contributed by atoms with van der Waals surface area (Å²) in [5.74, 6) is -1.38. The van der Waals surface area contributed by atoms with Crippen molar-refractivity contribution in [3.63, 3.8) is 0 Å². The number of sulfone groups is 1. The molecular formula is C43H46N8O7S. The number of piperazine rings is 1. The summed E-state index contributed by atoms with van der Waals surface area (Å²) in [6.45, 7) is 2.76. The second-order valence-corrected chi connectivity index (χ2v) is 16.9. The van der Waals surface area contributed by atoms with Gasteiger partial charge < -0.3 is 25.6 Å². The maximum atomic E-state index is 13.1. The fourth-order valence-corrected chi connectivity index (χ4v) is 8.27. The molecule has 2 aliphatic heterocycles. The molecule has 1 saturated heterocycles. The highest BCUT2D eigenvalue weighted by atomic mass is 32.2. The summed E-state index contributed by atoms with van der Waals surface area (Å²) in [4.78, 5) is 71.8. The van der Waals surface area contributed by atoms with Crippen LogP contribution < -0.4 is 16.0 Å². The van der Waals surface area contributed by atoms with Gasteiger partial charge in [-0.1, -0.05) is 37.1 Å². The zero-order valence-corrected chi connectivity index (χ0v) is 33.6. The minimum absolute atomic E-state index is 0.00473. The number of nitrogens with one attached hydrogen (secondary N) is 1. The first-order valence-corrected chi connectivity index (χ1v) is 21.6. The summed E-state index contributed by atoms with van der Waals surface area (Å²) in [6, 6.07) is 24.3. The molecule has 306 valence electrons. The van der Waals surface area contributed by atoms with Gasteiger partial charge in [0.1, 0.15) is 12.3 Å². The Morgan fingerprint density at radius 2 is 1.58 bits per heavy atom. The molecule has 1 unspecified atom stereocenters. The van der Waals surface area contributed by atoms with Gasteiger partial charge in [-0.15, -0.1) is 5.10 Å². The molecule has 15 nitrogen and oxygen atoms in total. The standard InChI is InChI=1S/C43H46N8O7S/c1-59(57,58)33-20-14-30(15-21-33)36-9-6-11-38-46-43(47-51(36)38)45-31-16-18-32(19-17-31)48-23-25-49(26-24-48)39(53)12-5-3-2-4-8-29-13-22-34-35(28-29)42(56)50(41(34)55)37(40(44)54)10-7-27-52/h6,9,11,13-22,27-28,37H,2-5,7-8,10,12,23-26H2,1H3,(H2,44,54)(H,45,47). The number of rotatable bonds is 17. The largest absolute Gasteiger partial charge is 0.368 e. The van der Waals surface area contributed by atoms with Gasteiger partial charge in [0, 0.05) is 62.2 Å². The van der Waals surface area contributed by atoms with E-state index in [1.54, 1.807) is 40.9 Å². The minimum atomic E-state index is -3.30. The first-order valence-electron chi connectivity index (χ1n) is 19.7. The second kappa shape index (κ2) is 17.6. The molecule has 2 aromatic heterocycles. The topological polar surface area (TPSA) is 197 Å². The van der Waals surface area contributed by atoms with E-state index in [1.165, 1.54) is 6.26 Å². The Balaban J connectivity index is 0.829. The van der Waals surface area contributed by atoms with E-state index >= 15 is 0 Å². The van der Waals surface area contributed by atoms with Crippen molar-refractivity contribution in [1.82, 2.24) is 24.4 Å². The summed E-state index contributed by atoms with van der Waals surface area (Å²) in [5.41, 5.74) is 11.0. The summed E-state index contributed by atoms with van der Waals surface area (Å²) in [7, 11) is -3.30. The van der Waals surface area contributed by atoms with Crippen LogP contribution in [0.15, 0.2) is 89.8 Å². The molecule has 4 amide bonds. The monoisotopic (exact) mass is 818 g/mol. The molecule has 7 rings (SSSR count). The van der Waals surface area contributed by atoms with Gasteiger partial charge in [-0.25, -0.2) is 12.9 Å². The van der Waals surface area contributed by atoms with Gasteiger partial charge in [0.2, 0.25) is 17.8 Å². The fourth-order valence-electron chi connectivity index (χ4n) is 7.64. The highest BCUT2D eigenvalue weighted by Crippen LogP contribution is 2.29. The fraction of sp³-hybridized carbons (Fsp3) is 0.326. The molecule has 59 heavy (non-hydrogen) atoms. The molecule has 3 aromatic carbocycles. The average molecular weight is 819 g/mol. The van der Waals surface area contributed by atoms with Gasteiger partial charge in [0.25, 0.3) is 11.8 Å². The molecule has 1 fully saturated rings. The number of aromatic nitrogens is 3. The molecule has 16 heteroatoms. The van der Waals surface area contributed by atoms with Crippen LogP contribution >= 0.6 is 0 Å². The van der Waals surface area contributed by atoms with Crippen molar-refractivity contribution in [2.45, 2.75) is 62.3 Å².